The minimum absolute atomic E-state index is 0.649. The molecule has 0 saturated heterocycles. The molecule has 0 radical (unpaired) electrons. The highest BCUT2D eigenvalue weighted by Gasteiger charge is 2.21. The molecule has 0 amide bonds. The van der Waals surface area contributed by atoms with E-state index in [2.05, 4.69) is 158 Å². The van der Waals surface area contributed by atoms with E-state index in [9.17, 15) is 0 Å². The molecule has 2 heterocycles. The molecule has 246 valence electrons. The lowest BCUT2D eigenvalue weighted by Crippen LogP contribution is -2.00. The van der Waals surface area contributed by atoms with Gasteiger partial charge in [-0.1, -0.05) is 152 Å². The second-order valence-corrected chi connectivity index (χ2v) is 14.7. The van der Waals surface area contributed by atoms with Crippen molar-refractivity contribution in [1.29, 1.82) is 0 Å². The average molecular weight is 692 g/mol. The molecule has 0 saturated carbocycles. The highest BCUT2D eigenvalue weighted by Crippen LogP contribution is 2.47. The van der Waals surface area contributed by atoms with E-state index in [-0.39, 0.29) is 0 Å². The molecule has 0 fully saturated rings. The normalized spacial score (nSPS) is 11.8. The predicted molar refractivity (Wildman–Crippen MR) is 224 cm³/mol. The molecule has 0 unspecified atom stereocenters. The van der Waals surface area contributed by atoms with Crippen molar-refractivity contribution in [3.05, 3.63) is 176 Å². The van der Waals surface area contributed by atoms with Crippen LogP contribution in [0.4, 0.5) is 0 Å². The standard InChI is InChI=1S/C49H29N3S/c1-2-12-33(13-3-1)47-50-48(34-22-18-31(19-23-34)38-24-20-30-10-4-5-14-35(30)26-38)52-49(51-47)42-28-39-25-21-32-11-8-9-17-40(32)44(39)46-45(42)41-27-36-15-6-7-16-37(36)29-43(41)53-46/h1-29H. The Balaban J connectivity index is 1.16. The van der Waals surface area contributed by atoms with Crippen molar-refractivity contribution in [2.45, 2.75) is 0 Å². The Labute approximate surface area is 309 Å². The summed E-state index contributed by atoms with van der Waals surface area (Å²) in [4.78, 5) is 15.6. The van der Waals surface area contributed by atoms with Gasteiger partial charge in [0.25, 0.3) is 0 Å². The maximum atomic E-state index is 5.29. The smallest absolute Gasteiger partial charge is 0.164 e. The molecule has 0 aliphatic rings. The zero-order chi connectivity index (χ0) is 34.9. The van der Waals surface area contributed by atoms with Crippen molar-refractivity contribution >= 4 is 74.6 Å². The second-order valence-electron chi connectivity index (χ2n) is 13.6. The lowest BCUT2D eigenvalue weighted by atomic mass is 9.95. The molecular weight excluding hydrogens is 663 g/mol. The van der Waals surface area contributed by atoms with E-state index in [1.165, 1.54) is 68.8 Å². The lowest BCUT2D eigenvalue weighted by molar-refractivity contribution is 1.08. The van der Waals surface area contributed by atoms with Crippen LogP contribution in [0.2, 0.25) is 0 Å². The minimum Gasteiger partial charge on any atom is -0.208 e. The summed E-state index contributed by atoms with van der Waals surface area (Å²) < 4.78 is 2.50. The fourth-order valence-electron chi connectivity index (χ4n) is 7.81. The molecule has 9 aromatic carbocycles. The molecule has 4 heteroatoms. The molecule has 3 nitrogen and oxygen atoms in total. The van der Waals surface area contributed by atoms with Crippen molar-refractivity contribution < 1.29 is 0 Å². The first-order valence-electron chi connectivity index (χ1n) is 17.8. The van der Waals surface area contributed by atoms with Gasteiger partial charge in [-0.05, 0) is 73.1 Å². The first kappa shape index (κ1) is 29.9. The minimum atomic E-state index is 0.649. The molecule has 0 aliphatic heterocycles. The molecule has 0 bridgehead atoms. The van der Waals surface area contributed by atoms with Gasteiger partial charge in [-0.15, -0.1) is 11.3 Å². The SMILES string of the molecule is c1ccc(-c2nc(-c3ccc(-c4ccc5ccccc5c4)cc3)nc(-c3cc4ccc5ccccc5c4c4sc5cc6ccccc6cc5c34)n2)cc1. The van der Waals surface area contributed by atoms with Crippen molar-refractivity contribution in [1.82, 2.24) is 15.0 Å². The summed E-state index contributed by atoms with van der Waals surface area (Å²) in [6.45, 7) is 0. The molecule has 11 rings (SSSR count). The van der Waals surface area contributed by atoms with Crippen LogP contribution in [0.1, 0.15) is 0 Å². The highest BCUT2D eigenvalue weighted by atomic mass is 32.1. The van der Waals surface area contributed by atoms with E-state index in [1.54, 1.807) is 0 Å². The van der Waals surface area contributed by atoms with Gasteiger partial charge in [-0.3, -0.25) is 0 Å². The van der Waals surface area contributed by atoms with E-state index in [4.69, 9.17) is 15.0 Å². The van der Waals surface area contributed by atoms with Gasteiger partial charge in [0.1, 0.15) is 0 Å². The summed E-state index contributed by atoms with van der Waals surface area (Å²) in [7, 11) is 0. The topological polar surface area (TPSA) is 38.7 Å². The van der Waals surface area contributed by atoms with Crippen LogP contribution in [0.3, 0.4) is 0 Å². The largest absolute Gasteiger partial charge is 0.208 e. The number of thiophene rings is 1. The summed E-state index contributed by atoms with van der Waals surface area (Å²) in [5, 5.41) is 12.3. The molecule has 0 atom stereocenters. The Hall–Kier alpha value is -6.75. The van der Waals surface area contributed by atoms with Gasteiger partial charge in [0.2, 0.25) is 0 Å². The van der Waals surface area contributed by atoms with Crippen molar-refractivity contribution in [3.8, 4) is 45.3 Å². The van der Waals surface area contributed by atoms with Crippen LogP contribution in [-0.4, -0.2) is 15.0 Å². The number of nitrogens with zero attached hydrogens (tertiary/aromatic N) is 3. The number of benzene rings is 9. The highest BCUT2D eigenvalue weighted by molar-refractivity contribution is 7.27. The van der Waals surface area contributed by atoms with Crippen LogP contribution in [-0.2, 0) is 0 Å². The Kier molecular flexibility index (Phi) is 6.73. The molecule has 11 aromatic rings. The van der Waals surface area contributed by atoms with Gasteiger partial charge >= 0.3 is 0 Å². The van der Waals surface area contributed by atoms with Crippen LogP contribution in [0.25, 0.3) is 109 Å². The quantitative estimate of drug-likeness (QED) is 0.172. The van der Waals surface area contributed by atoms with E-state index in [0.29, 0.717) is 17.5 Å². The van der Waals surface area contributed by atoms with E-state index in [1.807, 2.05) is 29.5 Å². The van der Waals surface area contributed by atoms with Gasteiger partial charge in [0.05, 0.1) is 0 Å². The maximum absolute atomic E-state index is 5.29. The summed E-state index contributed by atoms with van der Waals surface area (Å²) in [5.41, 5.74) is 5.24. The molecule has 0 aliphatic carbocycles. The number of aromatic nitrogens is 3. The summed E-state index contributed by atoms with van der Waals surface area (Å²) in [6.07, 6.45) is 0. The molecular formula is C49H29N3S. The zero-order valence-corrected chi connectivity index (χ0v) is 29.3. The second kappa shape index (κ2) is 11.9. The van der Waals surface area contributed by atoms with Crippen LogP contribution in [0, 0.1) is 0 Å². The zero-order valence-electron chi connectivity index (χ0n) is 28.5. The summed E-state index contributed by atoms with van der Waals surface area (Å²) in [5.74, 6) is 1.97. The van der Waals surface area contributed by atoms with Crippen molar-refractivity contribution in [2.24, 2.45) is 0 Å². The Morgan fingerprint density at radius 2 is 0.868 bits per heavy atom. The van der Waals surface area contributed by atoms with E-state index < -0.39 is 0 Å². The molecule has 0 spiro atoms. The number of rotatable bonds is 4. The van der Waals surface area contributed by atoms with Gasteiger partial charge in [0.15, 0.2) is 17.5 Å². The number of hydrogen-bond acceptors (Lipinski definition) is 4. The molecule has 53 heavy (non-hydrogen) atoms. The van der Waals surface area contributed by atoms with Crippen LogP contribution in [0.5, 0.6) is 0 Å². The lowest BCUT2D eigenvalue weighted by Gasteiger charge is -2.12. The monoisotopic (exact) mass is 691 g/mol. The summed E-state index contributed by atoms with van der Waals surface area (Å²) in [6, 6.07) is 62.7. The van der Waals surface area contributed by atoms with Crippen LogP contribution >= 0.6 is 11.3 Å². The fourth-order valence-corrected chi connectivity index (χ4v) is 9.14. The predicted octanol–water partition coefficient (Wildman–Crippen LogP) is 13.5. The summed E-state index contributed by atoms with van der Waals surface area (Å²) >= 11 is 1.86. The van der Waals surface area contributed by atoms with Gasteiger partial charge in [0, 0.05) is 42.2 Å². The Bertz CT molecular complexity index is 3220. The Morgan fingerprint density at radius 3 is 1.64 bits per heavy atom. The number of fused-ring (bicyclic) bond motifs is 9. The first-order chi connectivity index (χ1) is 26.2. The van der Waals surface area contributed by atoms with Gasteiger partial charge < -0.3 is 0 Å². The third kappa shape index (κ3) is 4.99. The Morgan fingerprint density at radius 1 is 0.321 bits per heavy atom. The third-order valence-corrected chi connectivity index (χ3v) is 11.6. The molecule has 2 aromatic heterocycles. The van der Waals surface area contributed by atoms with Crippen LogP contribution < -0.4 is 0 Å². The fraction of sp³-hybridized carbons (Fsp3) is 0. The first-order valence-corrected chi connectivity index (χ1v) is 18.7. The van der Waals surface area contributed by atoms with Crippen LogP contribution in [0.15, 0.2) is 176 Å². The maximum Gasteiger partial charge on any atom is 0.164 e. The van der Waals surface area contributed by atoms with Crippen molar-refractivity contribution in [2.75, 3.05) is 0 Å². The van der Waals surface area contributed by atoms with Gasteiger partial charge in [-0.2, -0.15) is 0 Å². The van der Waals surface area contributed by atoms with E-state index >= 15 is 0 Å². The number of hydrogen-bond donors (Lipinski definition) is 0. The van der Waals surface area contributed by atoms with E-state index in [0.717, 1.165) is 22.3 Å². The van der Waals surface area contributed by atoms with Gasteiger partial charge in [-0.25, -0.2) is 15.0 Å². The average Bonchev–Trinajstić information content (AvgIpc) is 3.60. The van der Waals surface area contributed by atoms with Crippen molar-refractivity contribution in [3.63, 3.8) is 0 Å². The molecule has 0 N–H and O–H groups in total. The third-order valence-electron chi connectivity index (χ3n) is 10.4.